The van der Waals surface area contributed by atoms with Gasteiger partial charge in [-0.25, -0.2) is 4.79 Å². The third kappa shape index (κ3) is 6.97. The first kappa shape index (κ1) is 19.2. The third-order valence-corrected chi connectivity index (χ3v) is 4.31. The SMILES string of the molecule is COC(C)(C)CCNC1(CNC(=O)OC(C)(C)C)CCCC1. The molecule has 0 aliphatic heterocycles. The van der Waals surface area contributed by atoms with E-state index in [-0.39, 0.29) is 17.2 Å². The molecule has 1 amide bonds. The zero-order chi connectivity index (χ0) is 16.9. The van der Waals surface area contributed by atoms with Crippen molar-refractivity contribution in [1.82, 2.24) is 10.6 Å². The van der Waals surface area contributed by atoms with Gasteiger partial charge in [0, 0.05) is 19.2 Å². The van der Waals surface area contributed by atoms with E-state index >= 15 is 0 Å². The van der Waals surface area contributed by atoms with Gasteiger partial charge in [-0.15, -0.1) is 0 Å². The number of alkyl carbamates (subject to hydrolysis) is 1. The number of ether oxygens (including phenoxy) is 2. The summed E-state index contributed by atoms with van der Waals surface area (Å²) in [6.07, 6.45) is 5.20. The molecule has 22 heavy (non-hydrogen) atoms. The molecule has 0 spiro atoms. The number of hydrogen-bond acceptors (Lipinski definition) is 4. The second-order valence-electron chi connectivity index (χ2n) is 7.98. The summed E-state index contributed by atoms with van der Waals surface area (Å²) in [7, 11) is 1.75. The lowest BCUT2D eigenvalue weighted by Crippen LogP contribution is -2.53. The largest absolute Gasteiger partial charge is 0.444 e. The van der Waals surface area contributed by atoms with Crippen LogP contribution in [0, 0.1) is 0 Å². The van der Waals surface area contributed by atoms with Crippen molar-refractivity contribution in [3.63, 3.8) is 0 Å². The molecule has 0 aromatic heterocycles. The molecule has 1 rings (SSSR count). The molecule has 5 nitrogen and oxygen atoms in total. The van der Waals surface area contributed by atoms with Crippen molar-refractivity contribution >= 4 is 6.09 Å². The molecule has 5 heteroatoms. The second kappa shape index (κ2) is 7.64. The molecule has 0 atom stereocenters. The molecular formula is C17H34N2O3. The Balaban J connectivity index is 2.45. The van der Waals surface area contributed by atoms with Gasteiger partial charge < -0.3 is 20.1 Å². The van der Waals surface area contributed by atoms with Crippen LogP contribution in [0.5, 0.6) is 0 Å². The molecule has 0 saturated heterocycles. The molecular weight excluding hydrogens is 280 g/mol. The summed E-state index contributed by atoms with van der Waals surface area (Å²) in [5.41, 5.74) is -0.574. The van der Waals surface area contributed by atoms with Gasteiger partial charge in [0.1, 0.15) is 5.60 Å². The first-order valence-corrected chi connectivity index (χ1v) is 8.35. The van der Waals surface area contributed by atoms with E-state index in [0.29, 0.717) is 6.54 Å². The van der Waals surface area contributed by atoms with Crippen LogP contribution in [-0.4, -0.2) is 43.0 Å². The Morgan fingerprint density at radius 1 is 1.14 bits per heavy atom. The van der Waals surface area contributed by atoms with Gasteiger partial charge in [0.25, 0.3) is 0 Å². The lowest BCUT2D eigenvalue weighted by molar-refractivity contribution is 0.0139. The van der Waals surface area contributed by atoms with E-state index in [9.17, 15) is 4.79 Å². The molecule has 0 radical (unpaired) electrons. The van der Waals surface area contributed by atoms with Gasteiger partial charge in [0.05, 0.1) is 5.60 Å². The summed E-state index contributed by atoms with van der Waals surface area (Å²) in [6.45, 7) is 11.3. The lowest BCUT2D eigenvalue weighted by Gasteiger charge is -2.33. The highest BCUT2D eigenvalue weighted by atomic mass is 16.6. The van der Waals surface area contributed by atoms with Crippen molar-refractivity contribution in [1.29, 1.82) is 0 Å². The number of rotatable bonds is 7. The molecule has 0 bridgehead atoms. The average Bonchev–Trinajstić information content (AvgIpc) is 2.84. The van der Waals surface area contributed by atoms with Crippen LogP contribution in [0.15, 0.2) is 0 Å². The zero-order valence-electron chi connectivity index (χ0n) is 15.2. The highest BCUT2D eigenvalue weighted by Crippen LogP contribution is 2.29. The lowest BCUT2D eigenvalue weighted by atomic mass is 9.96. The summed E-state index contributed by atoms with van der Waals surface area (Å²) in [4.78, 5) is 11.9. The highest BCUT2D eigenvalue weighted by Gasteiger charge is 2.34. The molecule has 0 aromatic carbocycles. The minimum atomic E-state index is -0.456. The van der Waals surface area contributed by atoms with Gasteiger partial charge in [-0.3, -0.25) is 0 Å². The maximum absolute atomic E-state index is 11.9. The average molecular weight is 314 g/mol. The summed E-state index contributed by atoms with van der Waals surface area (Å²) in [5, 5.41) is 6.58. The summed E-state index contributed by atoms with van der Waals surface area (Å²) >= 11 is 0. The maximum atomic E-state index is 11.9. The fourth-order valence-electron chi connectivity index (χ4n) is 2.75. The molecule has 0 unspecified atom stereocenters. The number of hydrogen-bond donors (Lipinski definition) is 2. The number of carbonyl (C=O) groups is 1. The minimum absolute atomic E-state index is 0.000720. The van der Waals surface area contributed by atoms with Crippen LogP contribution in [0.3, 0.4) is 0 Å². The van der Waals surface area contributed by atoms with E-state index in [2.05, 4.69) is 24.5 Å². The van der Waals surface area contributed by atoms with Crippen molar-refractivity contribution in [3.8, 4) is 0 Å². The topological polar surface area (TPSA) is 59.6 Å². The Morgan fingerprint density at radius 3 is 2.23 bits per heavy atom. The molecule has 0 heterocycles. The molecule has 1 aliphatic carbocycles. The summed E-state index contributed by atoms with van der Waals surface area (Å²) < 4.78 is 10.8. The molecule has 1 saturated carbocycles. The molecule has 0 aromatic rings. The second-order valence-corrected chi connectivity index (χ2v) is 7.98. The Bertz CT molecular complexity index is 355. The van der Waals surface area contributed by atoms with Gasteiger partial charge in [0.2, 0.25) is 0 Å². The standard InChI is InChI=1S/C17H34N2O3/c1-15(2,3)22-14(20)18-13-17(9-7-8-10-17)19-12-11-16(4,5)21-6/h19H,7-13H2,1-6H3,(H,18,20). The zero-order valence-corrected chi connectivity index (χ0v) is 15.2. The van der Waals surface area contributed by atoms with Gasteiger partial charge in [0.15, 0.2) is 0 Å². The fourth-order valence-corrected chi connectivity index (χ4v) is 2.75. The van der Waals surface area contributed by atoms with E-state index in [1.165, 1.54) is 12.8 Å². The van der Waals surface area contributed by atoms with Gasteiger partial charge in [-0.2, -0.15) is 0 Å². The van der Waals surface area contributed by atoms with E-state index in [1.54, 1.807) is 7.11 Å². The van der Waals surface area contributed by atoms with E-state index in [4.69, 9.17) is 9.47 Å². The van der Waals surface area contributed by atoms with Crippen molar-refractivity contribution in [3.05, 3.63) is 0 Å². The first-order valence-electron chi connectivity index (χ1n) is 8.35. The van der Waals surface area contributed by atoms with Crippen LogP contribution < -0.4 is 10.6 Å². The number of carbonyl (C=O) groups excluding carboxylic acids is 1. The summed E-state index contributed by atoms with van der Waals surface area (Å²) in [6, 6.07) is 0. The van der Waals surface area contributed by atoms with E-state index in [1.807, 2.05) is 20.8 Å². The maximum Gasteiger partial charge on any atom is 0.407 e. The van der Waals surface area contributed by atoms with E-state index in [0.717, 1.165) is 25.8 Å². The quantitative estimate of drug-likeness (QED) is 0.757. The Kier molecular flexibility index (Phi) is 6.68. The van der Waals surface area contributed by atoms with Crippen LogP contribution >= 0.6 is 0 Å². The third-order valence-electron chi connectivity index (χ3n) is 4.31. The van der Waals surface area contributed by atoms with Crippen LogP contribution in [0.2, 0.25) is 0 Å². The van der Waals surface area contributed by atoms with Gasteiger partial charge in [-0.05, 0) is 60.4 Å². The normalized spacial score (nSPS) is 18.3. The smallest absolute Gasteiger partial charge is 0.407 e. The molecule has 1 aliphatic rings. The van der Waals surface area contributed by atoms with Crippen LogP contribution in [0.1, 0.15) is 66.7 Å². The summed E-state index contributed by atoms with van der Waals surface area (Å²) in [5.74, 6) is 0. The Morgan fingerprint density at radius 2 is 1.73 bits per heavy atom. The van der Waals surface area contributed by atoms with Crippen LogP contribution in [-0.2, 0) is 9.47 Å². The Labute approximate surface area is 135 Å². The van der Waals surface area contributed by atoms with Crippen LogP contribution in [0.25, 0.3) is 0 Å². The van der Waals surface area contributed by atoms with Crippen molar-refractivity contribution in [2.24, 2.45) is 0 Å². The van der Waals surface area contributed by atoms with Crippen molar-refractivity contribution < 1.29 is 14.3 Å². The molecule has 130 valence electrons. The number of methoxy groups -OCH3 is 1. The minimum Gasteiger partial charge on any atom is -0.444 e. The fraction of sp³-hybridized carbons (Fsp3) is 0.941. The number of amides is 1. The van der Waals surface area contributed by atoms with Crippen molar-refractivity contribution in [2.45, 2.75) is 83.5 Å². The monoisotopic (exact) mass is 314 g/mol. The van der Waals surface area contributed by atoms with E-state index < -0.39 is 5.60 Å². The first-order chi connectivity index (χ1) is 10.1. The molecule has 2 N–H and O–H groups in total. The highest BCUT2D eigenvalue weighted by molar-refractivity contribution is 5.67. The van der Waals surface area contributed by atoms with Crippen LogP contribution in [0.4, 0.5) is 4.79 Å². The van der Waals surface area contributed by atoms with Crippen molar-refractivity contribution in [2.75, 3.05) is 20.2 Å². The predicted molar refractivity (Wildman–Crippen MR) is 89.1 cm³/mol. The Hall–Kier alpha value is -0.810. The predicted octanol–water partition coefficient (Wildman–Crippen LogP) is 3.23. The molecule has 1 fully saturated rings. The van der Waals surface area contributed by atoms with Gasteiger partial charge in [-0.1, -0.05) is 12.8 Å². The number of nitrogens with one attached hydrogen (secondary N) is 2. The van der Waals surface area contributed by atoms with Gasteiger partial charge >= 0.3 is 6.09 Å².